The number of phenols is 3. The molecular formula is C9H13NO3. The van der Waals surface area contributed by atoms with Crippen LogP contribution in [-0.4, -0.2) is 15.3 Å². The van der Waals surface area contributed by atoms with E-state index in [1.54, 1.807) is 0 Å². The second-order valence-electron chi connectivity index (χ2n) is 2.89. The quantitative estimate of drug-likeness (QED) is 0.519. The van der Waals surface area contributed by atoms with Gasteiger partial charge in [-0.05, 0) is 18.6 Å². The van der Waals surface area contributed by atoms with Crippen molar-refractivity contribution in [1.82, 2.24) is 0 Å². The van der Waals surface area contributed by atoms with Crippen molar-refractivity contribution < 1.29 is 15.3 Å². The second kappa shape index (κ2) is 3.53. The first-order valence-electron chi connectivity index (χ1n) is 4.07. The van der Waals surface area contributed by atoms with Gasteiger partial charge in [0.1, 0.15) is 0 Å². The summed E-state index contributed by atoms with van der Waals surface area (Å²) in [5, 5.41) is 27.6. The van der Waals surface area contributed by atoms with Crippen LogP contribution in [0.15, 0.2) is 12.1 Å². The highest BCUT2D eigenvalue weighted by atomic mass is 16.3. The summed E-state index contributed by atoms with van der Waals surface area (Å²) in [6.07, 6.45) is 0.651. The summed E-state index contributed by atoms with van der Waals surface area (Å²) in [5.41, 5.74) is 6.10. The Kier molecular flexibility index (Phi) is 2.63. The Hall–Kier alpha value is -1.42. The van der Waals surface area contributed by atoms with Crippen molar-refractivity contribution in [3.63, 3.8) is 0 Å². The predicted octanol–water partition coefficient (Wildman–Crippen LogP) is 1.21. The highest BCUT2D eigenvalue weighted by molar-refractivity contribution is 5.53. The first-order valence-corrected chi connectivity index (χ1v) is 4.07. The normalized spacial score (nSPS) is 12.8. The Bertz CT molecular complexity index is 312. The topological polar surface area (TPSA) is 86.7 Å². The van der Waals surface area contributed by atoms with Crippen LogP contribution in [0.2, 0.25) is 0 Å². The molecule has 0 radical (unpaired) electrons. The molecule has 0 saturated heterocycles. The summed E-state index contributed by atoms with van der Waals surface area (Å²) in [5.74, 6) is -1.19. The van der Waals surface area contributed by atoms with Gasteiger partial charge in [-0.15, -0.1) is 0 Å². The molecule has 13 heavy (non-hydrogen) atoms. The molecule has 4 heteroatoms. The van der Waals surface area contributed by atoms with Crippen molar-refractivity contribution in [2.45, 2.75) is 19.4 Å². The van der Waals surface area contributed by atoms with Crippen LogP contribution in [-0.2, 0) is 0 Å². The third-order valence-corrected chi connectivity index (χ3v) is 2.00. The van der Waals surface area contributed by atoms with Gasteiger partial charge in [-0.3, -0.25) is 0 Å². The second-order valence-corrected chi connectivity index (χ2v) is 2.89. The zero-order valence-corrected chi connectivity index (χ0v) is 7.36. The highest BCUT2D eigenvalue weighted by Crippen LogP contribution is 2.39. The zero-order chi connectivity index (χ0) is 10.0. The molecule has 1 aromatic carbocycles. The standard InChI is InChI=1S/C9H13NO3/c1-2-6(10)5-3-4-7(11)9(13)8(5)12/h3-4,6,11-13H,2,10H2,1H3. The monoisotopic (exact) mass is 183 g/mol. The SMILES string of the molecule is CCC(N)c1ccc(O)c(O)c1O. The van der Waals surface area contributed by atoms with Crippen LogP contribution < -0.4 is 5.73 Å². The number of hydrogen-bond acceptors (Lipinski definition) is 4. The fourth-order valence-corrected chi connectivity index (χ4v) is 1.10. The van der Waals surface area contributed by atoms with E-state index >= 15 is 0 Å². The van der Waals surface area contributed by atoms with Crippen LogP contribution in [0.3, 0.4) is 0 Å². The molecule has 1 rings (SSSR count). The highest BCUT2D eigenvalue weighted by Gasteiger charge is 2.14. The summed E-state index contributed by atoms with van der Waals surface area (Å²) in [6, 6.07) is 2.48. The van der Waals surface area contributed by atoms with Gasteiger partial charge in [0.2, 0.25) is 5.75 Å². The van der Waals surface area contributed by atoms with E-state index < -0.39 is 5.75 Å². The van der Waals surface area contributed by atoms with Gasteiger partial charge in [-0.25, -0.2) is 0 Å². The average Bonchev–Trinajstić information content (AvgIpc) is 2.13. The van der Waals surface area contributed by atoms with Crippen molar-refractivity contribution in [3.8, 4) is 17.2 Å². The lowest BCUT2D eigenvalue weighted by Gasteiger charge is -2.12. The van der Waals surface area contributed by atoms with E-state index in [0.29, 0.717) is 12.0 Å². The Morgan fingerprint density at radius 2 is 1.85 bits per heavy atom. The molecule has 1 atom stereocenters. The molecule has 0 saturated carbocycles. The van der Waals surface area contributed by atoms with Crippen LogP contribution in [0.25, 0.3) is 0 Å². The van der Waals surface area contributed by atoms with Crippen LogP contribution >= 0.6 is 0 Å². The molecule has 0 amide bonds. The van der Waals surface area contributed by atoms with Gasteiger partial charge in [0.05, 0.1) is 0 Å². The number of rotatable bonds is 2. The number of aromatic hydroxyl groups is 3. The molecule has 0 heterocycles. The predicted molar refractivity (Wildman–Crippen MR) is 48.7 cm³/mol. The molecule has 5 N–H and O–H groups in total. The molecule has 0 aliphatic carbocycles. The number of phenolic OH excluding ortho intramolecular Hbond substituents is 3. The van der Waals surface area contributed by atoms with Crippen LogP contribution in [0.1, 0.15) is 24.9 Å². The lowest BCUT2D eigenvalue weighted by molar-refractivity contribution is 0.362. The van der Waals surface area contributed by atoms with Crippen LogP contribution in [0.4, 0.5) is 0 Å². The minimum Gasteiger partial charge on any atom is -0.504 e. The molecule has 1 aromatic rings. The molecule has 0 bridgehead atoms. The Labute approximate surface area is 76.2 Å². The van der Waals surface area contributed by atoms with Gasteiger partial charge in [0.15, 0.2) is 11.5 Å². The van der Waals surface area contributed by atoms with E-state index in [1.165, 1.54) is 12.1 Å². The van der Waals surface area contributed by atoms with Gasteiger partial charge in [0, 0.05) is 11.6 Å². The lowest BCUT2D eigenvalue weighted by atomic mass is 10.0. The van der Waals surface area contributed by atoms with Gasteiger partial charge < -0.3 is 21.1 Å². The third-order valence-electron chi connectivity index (χ3n) is 2.00. The Morgan fingerprint density at radius 1 is 1.23 bits per heavy atom. The van der Waals surface area contributed by atoms with E-state index in [0.717, 1.165) is 0 Å². The first-order chi connectivity index (χ1) is 6.07. The summed E-state index contributed by atoms with van der Waals surface area (Å²) >= 11 is 0. The number of hydrogen-bond donors (Lipinski definition) is 4. The first kappa shape index (κ1) is 9.67. The van der Waals surface area contributed by atoms with Gasteiger partial charge in [-0.2, -0.15) is 0 Å². The molecular weight excluding hydrogens is 170 g/mol. The fraction of sp³-hybridized carbons (Fsp3) is 0.333. The third kappa shape index (κ3) is 1.67. The summed E-state index contributed by atoms with van der Waals surface area (Å²) in [6.45, 7) is 1.87. The van der Waals surface area contributed by atoms with Crippen molar-refractivity contribution in [3.05, 3.63) is 17.7 Å². The van der Waals surface area contributed by atoms with E-state index in [4.69, 9.17) is 10.8 Å². The zero-order valence-electron chi connectivity index (χ0n) is 7.36. The maximum atomic E-state index is 9.39. The van der Waals surface area contributed by atoms with E-state index in [2.05, 4.69) is 0 Å². The van der Waals surface area contributed by atoms with Crippen molar-refractivity contribution >= 4 is 0 Å². The van der Waals surface area contributed by atoms with Crippen molar-refractivity contribution in [2.75, 3.05) is 0 Å². The van der Waals surface area contributed by atoms with E-state index in [9.17, 15) is 10.2 Å². The summed E-state index contributed by atoms with van der Waals surface area (Å²) < 4.78 is 0. The Morgan fingerprint density at radius 3 is 2.38 bits per heavy atom. The van der Waals surface area contributed by atoms with Gasteiger partial charge in [0.25, 0.3) is 0 Å². The molecule has 1 unspecified atom stereocenters. The van der Waals surface area contributed by atoms with Crippen LogP contribution in [0, 0.1) is 0 Å². The van der Waals surface area contributed by atoms with Gasteiger partial charge >= 0.3 is 0 Å². The van der Waals surface area contributed by atoms with Gasteiger partial charge in [-0.1, -0.05) is 6.92 Å². The average molecular weight is 183 g/mol. The molecule has 4 nitrogen and oxygen atoms in total. The molecule has 72 valence electrons. The molecule has 0 aliphatic rings. The van der Waals surface area contributed by atoms with Crippen molar-refractivity contribution in [1.29, 1.82) is 0 Å². The number of nitrogens with two attached hydrogens (primary N) is 1. The largest absolute Gasteiger partial charge is 0.504 e. The van der Waals surface area contributed by atoms with E-state index in [1.807, 2.05) is 6.92 Å². The fourth-order valence-electron chi connectivity index (χ4n) is 1.10. The van der Waals surface area contributed by atoms with Crippen LogP contribution in [0.5, 0.6) is 17.2 Å². The summed E-state index contributed by atoms with van der Waals surface area (Å²) in [4.78, 5) is 0. The Balaban J connectivity index is 3.18. The number of benzene rings is 1. The summed E-state index contributed by atoms with van der Waals surface area (Å²) in [7, 11) is 0. The molecule has 0 spiro atoms. The smallest absolute Gasteiger partial charge is 0.200 e. The maximum absolute atomic E-state index is 9.39. The van der Waals surface area contributed by atoms with Crippen molar-refractivity contribution in [2.24, 2.45) is 5.73 Å². The van der Waals surface area contributed by atoms with E-state index in [-0.39, 0.29) is 17.5 Å². The molecule has 0 aliphatic heterocycles. The molecule has 0 fully saturated rings. The minimum absolute atomic E-state index is 0.327. The minimum atomic E-state index is -0.513. The lowest BCUT2D eigenvalue weighted by Crippen LogP contribution is -2.08. The molecule has 0 aromatic heterocycles. The maximum Gasteiger partial charge on any atom is 0.200 e.